The molecule has 1 saturated carbocycles. The molecule has 1 unspecified atom stereocenters. The summed E-state index contributed by atoms with van der Waals surface area (Å²) in [6.45, 7) is 0.202. The molecule has 7 heteroatoms. The molecule has 0 aromatic heterocycles. The van der Waals surface area contributed by atoms with E-state index in [1.807, 2.05) is 30.3 Å². The van der Waals surface area contributed by atoms with Gasteiger partial charge in [-0.15, -0.1) is 0 Å². The van der Waals surface area contributed by atoms with Crippen molar-refractivity contribution in [2.45, 2.75) is 43.6 Å². The lowest BCUT2D eigenvalue weighted by atomic mass is 9.84. The molecule has 0 spiro atoms. The van der Waals surface area contributed by atoms with Crippen molar-refractivity contribution in [2.75, 3.05) is 0 Å². The van der Waals surface area contributed by atoms with Crippen molar-refractivity contribution in [1.82, 2.24) is 0 Å². The van der Waals surface area contributed by atoms with Crippen LogP contribution in [0, 0.1) is 11.8 Å². The summed E-state index contributed by atoms with van der Waals surface area (Å²) in [6.07, 6.45) is -3.15. The first-order valence-corrected chi connectivity index (χ1v) is 11.7. The van der Waals surface area contributed by atoms with Gasteiger partial charge in [0.15, 0.2) is 0 Å². The fourth-order valence-electron chi connectivity index (χ4n) is 6.12. The van der Waals surface area contributed by atoms with Gasteiger partial charge >= 0.3 is 12.1 Å². The second-order valence-electron chi connectivity index (χ2n) is 9.80. The first-order chi connectivity index (χ1) is 16.7. The van der Waals surface area contributed by atoms with Crippen molar-refractivity contribution in [3.05, 3.63) is 99.6 Å². The molecule has 4 nitrogen and oxygen atoms in total. The quantitative estimate of drug-likeness (QED) is 0.511. The van der Waals surface area contributed by atoms with Gasteiger partial charge < -0.3 is 14.9 Å². The van der Waals surface area contributed by atoms with Gasteiger partial charge in [0.05, 0.1) is 11.5 Å². The molecule has 35 heavy (non-hydrogen) atoms. The lowest BCUT2D eigenvalue weighted by Crippen LogP contribution is -2.28. The highest BCUT2D eigenvalue weighted by atomic mass is 19.4. The predicted molar refractivity (Wildman–Crippen MR) is 121 cm³/mol. The third kappa shape index (κ3) is 3.52. The number of aliphatic hydroxyl groups is 1. The highest BCUT2D eigenvalue weighted by Crippen LogP contribution is 2.61. The third-order valence-electron chi connectivity index (χ3n) is 7.84. The summed E-state index contributed by atoms with van der Waals surface area (Å²) < 4.78 is 46.9. The molecule has 3 aromatic rings. The predicted octanol–water partition coefficient (Wildman–Crippen LogP) is 5.44. The molecule has 180 valence electrons. The molecule has 0 radical (unpaired) electrons. The van der Waals surface area contributed by atoms with Crippen molar-refractivity contribution in [1.29, 1.82) is 0 Å². The molecule has 0 heterocycles. The molecule has 0 saturated heterocycles. The Kier molecular flexibility index (Phi) is 4.81. The smallest absolute Gasteiger partial charge is 0.416 e. The summed E-state index contributed by atoms with van der Waals surface area (Å²) in [5.41, 5.74) is 1.61. The van der Waals surface area contributed by atoms with E-state index in [-0.39, 0.29) is 36.3 Å². The second-order valence-corrected chi connectivity index (χ2v) is 9.80. The average Bonchev–Trinajstić information content (AvgIpc) is 3.27. The number of carboxylic acid groups (broad SMARTS) is 1. The maximum atomic E-state index is 13.7. The third-order valence-corrected chi connectivity index (χ3v) is 7.84. The molecule has 2 N–H and O–H groups in total. The minimum Gasteiger partial charge on any atom is -0.489 e. The zero-order chi connectivity index (χ0) is 24.5. The number of alkyl halides is 3. The largest absolute Gasteiger partial charge is 0.489 e. The Balaban J connectivity index is 1.23. The molecule has 0 amide bonds. The molecular formula is C28H23F3O4. The van der Waals surface area contributed by atoms with Crippen molar-refractivity contribution >= 4 is 5.97 Å². The molecule has 4 atom stereocenters. The molecule has 3 aliphatic rings. The maximum Gasteiger partial charge on any atom is 0.416 e. The number of halogens is 3. The van der Waals surface area contributed by atoms with Gasteiger partial charge in [-0.2, -0.15) is 13.2 Å². The molecule has 0 aliphatic heterocycles. The molecule has 6 rings (SSSR count). The van der Waals surface area contributed by atoms with E-state index in [9.17, 15) is 28.2 Å². The number of carboxylic acids is 1. The normalized spacial score (nSPS) is 26.1. The number of aryl methyl sites for hydroxylation is 1. The summed E-state index contributed by atoms with van der Waals surface area (Å²) in [7, 11) is 0. The Bertz CT molecular complexity index is 1350. The van der Waals surface area contributed by atoms with E-state index in [0.717, 1.165) is 34.7 Å². The molecule has 1 fully saturated rings. The Hall–Kier alpha value is -3.32. The Labute approximate surface area is 200 Å². The fourth-order valence-corrected chi connectivity index (χ4v) is 6.12. The van der Waals surface area contributed by atoms with E-state index in [4.69, 9.17) is 4.74 Å². The highest BCUT2D eigenvalue weighted by molar-refractivity contribution is 5.78. The van der Waals surface area contributed by atoms with Crippen LogP contribution in [-0.4, -0.2) is 16.2 Å². The second kappa shape index (κ2) is 7.59. The molecule has 0 bridgehead atoms. The van der Waals surface area contributed by atoms with Crippen LogP contribution in [-0.2, 0) is 36.0 Å². The van der Waals surface area contributed by atoms with Crippen LogP contribution in [0.25, 0.3) is 0 Å². The average molecular weight is 480 g/mol. The molecular weight excluding hydrogens is 457 g/mol. The number of rotatable bonds is 5. The number of hydrogen-bond acceptors (Lipinski definition) is 3. The van der Waals surface area contributed by atoms with Crippen molar-refractivity contribution in [3.8, 4) is 5.75 Å². The minimum atomic E-state index is -4.56. The van der Waals surface area contributed by atoms with E-state index in [1.54, 1.807) is 6.07 Å². The Morgan fingerprint density at radius 3 is 2.60 bits per heavy atom. The monoisotopic (exact) mass is 480 g/mol. The maximum absolute atomic E-state index is 13.7. The van der Waals surface area contributed by atoms with E-state index in [0.29, 0.717) is 17.7 Å². The van der Waals surface area contributed by atoms with Gasteiger partial charge in [0.1, 0.15) is 18.0 Å². The SMILES string of the molecule is O=C(O)[C@H]1[C@@H]2Cc3cc(OCc4ccc5c(c4)C(O)(c4ccccc4C(F)(F)F)CC5)ccc3[C@@H]21. The summed E-state index contributed by atoms with van der Waals surface area (Å²) in [6, 6.07) is 16.4. The highest BCUT2D eigenvalue weighted by Gasteiger charge is 2.59. The summed E-state index contributed by atoms with van der Waals surface area (Å²) in [5.74, 6) is -0.0744. The molecule has 3 aliphatic carbocycles. The van der Waals surface area contributed by atoms with Crippen LogP contribution in [0.1, 0.15) is 51.3 Å². The lowest BCUT2D eigenvalue weighted by molar-refractivity contribution is -0.140. The van der Waals surface area contributed by atoms with Crippen LogP contribution < -0.4 is 4.74 Å². The van der Waals surface area contributed by atoms with Crippen LogP contribution in [0.15, 0.2) is 60.7 Å². The topological polar surface area (TPSA) is 66.8 Å². The van der Waals surface area contributed by atoms with E-state index in [2.05, 4.69) is 0 Å². The van der Waals surface area contributed by atoms with Crippen LogP contribution in [0.2, 0.25) is 0 Å². The number of carbonyl (C=O) groups is 1. The zero-order valence-corrected chi connectivity index (χ0v) is 18.7. The van der Waals surface area contributed by atoms with E-state index >= 15 is 0 Å². The van der Waals surface area contributed by atoms with Gasteiger partial charge in [-0.05, 0) is 77.3 Å². The Morgan fingerprint density at radius 2 is 1.83 bits per heavy atom. The van der Waals surface area contributed by atoms with Crippen LogP contribution in [0.3, 0.4) is 0 Å². The number of aliphatic carboxylic acids is 1. The number of ether oxygens (including phenoxy) is 1. The van der Waals surface area contributed by atoms with Crippen LogP contribution >= 0.6 is 0 Å². The first kappa shape index (κ1) is 22.2. The lowest BCUT2D eigenvalue weighted by Gasteiger charge is -2.28. The standard InChI is InChI=1S/C28H23F3O4/c29-28(30,31)22-4-2-1-3-21(22)27(34)10-9-16-6-5-15(11-23(16)27)14-35-18-7-8-19-17(12-18)13-20-24(19)25(20)26(32)33/h1-8,11-12,20,24-25,34H,9-10,13-14H2,(H,32,33)/t20-,24+,25+,27?/m1/s1. The van der Waals surface area contributed by atoms with Crippen molar-refractivity contribution < 1.29 is 32.9 Å². The van der Waals surface area contributed by atoms with E-state index < -0.39 is 23.3 Å². The van der Waals surface area contributed by atoms with Crippen LogP contribution in [0.4, 0.5) is 13.2 Å². The number of hydrogen-bond donors (Lipinski definition) is 2. The van der Waals surface area contributed by atoms with Gasteiger partial charge in [0.2, 0.25) is 0 Å². The van der Waals surface area contributed by atoms with Crippen molar-refractivity contribution in [2.24, 2.45) is 11.8 Å². The summed E-state index contributed by atoms with van der Waals surface area (Å²) >= 11 is 0. The van der Waals surface area contributed by atoms with Gasteiger partial charge in [-0.1, -0.05) is 36.4 Å². The molecule has 3 aromatic carbocycles. The zero-order valence-electron chi connectivity index (χ0n) is 18.7. The van der Waals surface area contributed by atoms with Crippen LogP contribution in [0.5, 0.6) is 5.75 Å². The first-order valence-electron chi connectivity index (χ1n) is 11.7. The number of benzene rings is 3. The number of fused-ring (bicyclic) bond motifs is 4. The fraction of sp³-hybridized carbons (Fsp3) is 0.321. The summed E-state index contributed by atoms with van der Waals surface area (Å²) in [5, 5.41) is 20.8. The van der Waals surface area contributed by atoms with Gasteiger partial charge in [-0.25, -0.2) is 0 Å². The summed E-state index contributed by atoms with van der Waals surface area (Å²) in [4.78, 5) is 11.3. The minimum absolute atomic E-state index is 0.102. The van der Waals surface area contributed by atoms with Gasteiger partial charge in [0, 0.05) is 11.5 Å². The van der Waals surface area contributed by atoms with Gasteiger partial charge in [-0.3, -0.25) is 4.79 Å². The van der Waals surface area contributed by atoms with E-state index in [1.165, 1.54) is 18.2 Å². The van der Waals surface area contributed by atoms with Crippen molar-refractivity contribution in [3.63, 3.8) is 0 Å². The Morgan fingerprint density at radius 1 is 1.03 bits per heavy atom. The van der Waals surface area contributed by atoms with Gasteiger partial charge in [0.25, 0.3) is 0 Å².